The average molecular weight is 399 g/mol. The topological polar surface area (TPSA) is 54.2 Å². The Bertz CT molecular complexity index is 641. The zero-order valence-electron chi connectivity index (χ0n) is 15.1. The van der Waals surface area contributed by atoms with E-state index in [0.29, 0.717) is 19.4 Å². The second-order valence-electron chi connectivity index (χ2n) is 6.60. The molecule has 2 N–H and O–H groups in total. The number of aliphatic imine (C=N–C) groups is 1. The quantitative estimate of drug-likeness (QED) is 0.462. The molecule has 11 heteroatoms. The van der Waals surface area contributed by atoms with Crippen molar-refractivity contribution in [2.75, 3.05) is 6.54 Å². The van der Waals surface area contributed by atoms with Gasteiger partial charge in [0.05, 0.1) is 12.5 Å². The summed E-state index contributed by atoms with van der Waals surface area (Å²) in [5.74, 6) is -1.01. The average Bonchev–Trinajstić information content (AvgIpc) is 2.94. The molecular weight excluding hydrogens is 376 g/mol. The number of rotatable bonds is 4. The molecule has 1 fully saturated rings. The fourth-order valence-corrected chi connectivity index (χ4v) is 3.13. The van der Waals surface area contributed by atoms with Crippen LogP contribution in [0.2, 0.25) is 0 Å². The molecule has 1 aliphatic carbocycles. The molecule has 1 aromatic rings. The van der Waals surface area contributed by atoms with Crippen LogP contribution >= 0.6 is 0 Å². The maximum absolute atomic E-state index is 13.0. The summed E-state index contributed by atoms with van der Waals surface area (Å²) in [5.41, 5.74) is -1.06. The van der Waals surface area contributed by atoms with Crippen LogP contribution in [0.1, 0.15) is 43.9 Å². The zero-order valence-corrected chi connectivity index (χ0v) is 15.1. The van der Waals surface area contributed by atoms with Crippen LogP contribution < -0.4 is 10.6 Å². The highest BCUT2D eigenvalue weighted by Gasteiger charge is 2.41. The maximum atomic E-state index is 13.0. The van der Waals surface area contributed by atoms with E-state index in [9.17, 15) is 26.3 Å². The standard InChI is InChI=1S/C16H23F6N5/c1-3-23-14(25-12-6-4-11(5-7-12)15(17,18)19)24-8-10-9-27(2)26-13(10)16(20,21)22/h9,11-12H,3-8H2,1-2H3,(H2,23,24,25). The summed E-state index contributed by atoms with van der Waals surface area (Å²) in [4.78, 5) is 4.15. The molecular formula is C16H23F6N5. The van der Waals surface area contributed by atoms with E-state index in [4.69, 9.17) is 0 Å². The van der Waals surface area contributed by atoms with Gasteiger partial charge in [0.15, 0.2) is 11.7 Å². The molecule has 2 rings (SSSR count). The van der Waals surface area contributed by atoms with E-state index in [1.54, 1.807) is 6.92 Å². The predicted octanol–water partition coefficient (Wildman–Crippen LogP) is 3.62. The van der Waals surface area contributed by atoms with Crippen LogP contribution in [0, 0.1) is 5.92 Å². The van der Waals surface area contributed by atoms with Crippen molar-refractivity contribution >= 4 is 5.96 Å². The molecule has 1 saturated carbocycles. The molecule has 1 aromatic heterocycles. The van der Waals surface area contributed by atoms with Gasteiger partial charge in [-0.1, -0.05) is 0 Å². The van der Waals surface area contributed by atoms with Gasteiger partial charge in [0.25, 0.3) is 0 Å². The molecule has 1 aliphatic rings. The molecule has 0 unspecified atom stereocenters. The molecule has 0 aromatic carbocycles. The molecule has 0 atom stereocenters. The lowest BCUT2D eigenvalue weighted by molar-refractivity contribution is -0.182. The minimum absolute atomic E-state index is 0.0292. The second kappa shape index (κ2) is 8.39. The van der Waals surface area contributed by atoms with Gasteiger partial charge >= 0.3 is 12.4 Å². The predicted molar refractivity (Wildman–Crippen MR) is 88.0 cm³/mol. The van der Waals surface area contributed by atoms with Gasteiger partial charge in [-0.2, -0.15) is 31.4 Å². The summed E-state index contributed by atoms with van der Waals surface area (Å²) < 4.78 is 78.3. The number of hydrogen-bond acceptors (Lipinski definition) is 2. The smallest absolute Gasteiger partial charge is 0.357 e. The van der Waals surface area contributed by atoms with Gasteiger partial charge in [-0.15, -0.1) is 0 Å². The minimum Gasteiger partial charge on any atom is -0.357 e. The van der Waals surface area contributed by atoms with Gasteiger partial charge in [0.1, 0.15) is 0 Å². The van der Waals surface area contributed by atoms with E-state index in [1.807, 2.05) is 0 Å². The van der Waals surface area contributed by atoms with Crippen LogP contribution in [-0.4, -0.2) is 34.5 Å². The Hall–Kier alpha value is -1.94. The fourth-order valence-electron chi connectivity index (χ4n) is 3.13. The van der Waals surface area contributed by atoms with Crippen LogP contribution in [0.3, 0.4) is 0 Å². The number of alkyl halides is 6. The van der Waals surface area contributed by atoms with Crippen molar-refractivity contribution in [3.63, 3.8) is 0 Å². The lowest BCUT2D eigenvalue weighted by Crippen LogP contribution is -2.45. The minimum atomic E-state index is -4.58. The molecule has 0 bridgehead atoms. The monoisotopic (exact) mass is 399 g/mol. The highest BCUT2D eigenvalue weighted by Crippen LogP contribution is 2.37. The van der Waals surface area contributed by atoms with Gasteiger partial charge in [-0.05, 0) is 32.6 Å². The summed E-state index contributed by atoms with van der Waals surface area (Å²) in [5, 5.41) is 9.37. The second-order valence-corrected chi connectivity index (χ2v) is 6.60. The Morgan fingerprint density at radius 3 is 2.33 bits per heavy atom. The van der Waals surface area contributed by atoms with Crippen LogP contribution in [0.15, 0.2) is 11.2 Å². The summed E-state index contributed by atoms with van der Waals surface area (Å²) in [6.45, 7) is 2.03. The highest BCUT2D eigenvalue weighted by atomic mass is 19.4. The third kappa shape index (κ3) is 6.03. The molecule has 5 nitrogen and oxygen atoms in total. The Morgan fingerprint density at radius 2 is 1.81 bits per heavy atom. The van der Waals surface area contributed by atoms with Crippen LogP contribution in [-0.2, 0) is 19.8 Å². The van der Waals surface area contributed by atoms with Crippen LogP contribution in [0.25, 0.3) is 0 Å². The molecule has 0 aliphatic heterocycles. The van der Waals surface area contributed by atoms with Gasteiger partial charge in [-0.25, -0.2) is 4.99 Å². The number of halogens is 6. The zero-order chi connectivity index (χ0) is 20.2. The molecule has 0 amide bonds. The number of hydrogen-bond donors (Lipinski definition) is 2. The summed E-state index contributed by atoms with van der Waals surface area (Å²) >= 11 is 0. The van der Waals surface area contributed by atoms with Crippen LogP contribution in [0.4, 0.5) is 26.3 Å². The Balaban J connectivity index is 2.02. The van der Waals surface area contributed by atoms with Crippen molar-refractivity contribution in [1.82, 2.24) is 20.4 Å². The van der Waals surface area contributed by atoms with E-state index in [1.165, 1.54) is 13.2 Å². The van der Waals surface area contributed by atoms with E-state index in [2.05, 4.69) is 20.7 Å². The Morgan fingerprint density at radius 1 is 1.19 bits per heavy atom. The maximum Gasteiger partial charge on any atom is 0.435 e. The van der Waals surface area contributed by atoms with E-state index >= 15 is 0 Å². The van der Waals surface area contributed by atoms with Crippen molar-refractivity contribution in [1.29, 1.82) is 0 Å². The molecule has 1 heterocycles. The lowest BCUT2D eigenvalue weighted by Gasteiger charge is -2.31. The van der Waals surface area contributed by atoms with E-state index in [0.717, 1.165) is 4.68 Å². The number of nitrogens with one attached hydrogen (secondary N) is 2. The van der Waals surface area contributed by atoms with Crippen molar-refractivity contribution in [3.8, 4) is 0 Å². The Labute approximate surface area is 153 Å². The highest BCUT2D eigenvalue weighted by molar-refractivity contribution is 5.80. The van der Waals surface area contributed by atoms with Crippen molar-refractivity contribution < 1.29 is 26.3 Å². The SMILES string of the molecule is CCNC(=NCc1cn(C)nc1C(F)(F)F)NC1CCC(C(F)(F)F)CC1. The largest absolute Gasteiger partial charge is 0.435 e. The van der Waals surface area contributed by atoms with Crippen molar-refractivity contribution in [2.24, 2.45) is 18.0 Å². The van der Waals surface area contributed by atoms with Gasteiger partial charge < -0.3 is 10.6 Å². The molecule has 0 saturated heterocycles. The molecule has 0 radical (unpaired) electrons. The van der Waals surface area contributed by atoms with Crippen LogP contribution in [0.5, 0.6) is 0 Å². The van der Waals surface area contributed by atoms with E-state index < -0.39 is 24.0 Å². The molecule has 0 spiro atoms. The van der Waals surface area contributed by atoms with Crippen molar-refractivity contribution in [2.45, 2.75) is 57.5 Å². The summed E-state index contributed by atoms with van der Waals surface area (Å²) in [7, 11) is 1.39. The fraction of sp³-hybridized carbons (Fsp3) is 0.750. The van der Waals surface area contributed by atoms with Gasteiger partial charge in [0.2, 0.25) is 0 Å². The first-order valence-corrected chi connectivity index (χ1v) is 8.72. The first-order valence-electron chi connectivity index (χ1n) is 8.72. The van der Waals surface area contributed by atoms with Crippen molar-refractivity contribution in [3.05, 3.63) is 17.5 Å². The van der Waals surface area contributed by atoms with E-state index in [-0.39, 0.29) is 37.0 Å². The lowest BCUT2D eigenvalue weighted by atomic mass is 9.85. The first kappa shape index (κ1) is 21.4. The third-order valence-electron chi connectivity index (χ3n) is 4.46. The number of aryl methyl sites for hydroxylation is 1. The third-order valence-corrected chi connectivity index (χ3v) is 4.46. The molecule has 154 valence electrons. The van der Waals surface area contributed by atoms with Gasteiger partial charge in [-0.3, -0.25) is 4.68 Å². The number of aromatic nitrogens is 2. The molecule has 27 heavy (non-hydrogen) atoms. The number of guanidine groups is 1. The normalized spacial score (nSPS) is 22.0. The summed E-state index contributed by atoms with van der Waals surface area (Å²) in [6.07, 6.45) is -6.79. The number of nitrogens with zero attached hydrogens (tertiary/aromatic N) is 3. The van der Waals surface area contributed by atoms with Gasteiger partial charge in [0, 0.05) is 31.4 Å². The summed E-state index contributed by atoms with van der Waals surface area (Å²) in [6, 6.07) is -0.197. The first-order chi connectivity index (χ1) is 12.5. The Kier molecular flexibility index (Phi) is 6.63.